The Hall–Kier alpha value is -2.93. The van der Waals surface area contributed by atoms with E-state index in [0.29, 0.717) is 17.7 Å². The van der Waals surface area contributed by atoms with Gasteiger partial charge in [0, 0.05) is 49.4 Å². The van der Waals surface area contributed by atoms with E-state index in [0.717, 1.165) is 50.5 Å². The molecule has 0 radical (unpaired) electrons. The highest BCUT2D eigenvalue weighted by Crippen LogP contribution is 2.43. The Morgan fingerprint density at radius 1 is 0.861 bits per heavy atom. The van der Waals surface area contributed by atoms with Gasteiger partial charge in [0.05, 0.1) is 5.69 Å². The summed E-state index contributed by atoms with van der Waals surface area (Å²) in [5.74, 6) is 3.99. The van der Waals surface area contributed by atoms with Crippen LogP contribution in [-0.4, -0.2) is 57.1 Å². The van der Waals surface area contributed by atoms with Crippen LogP contribution >= 0.6 is 0 Å². The molecule has 1 aliphatic carbocycles. The third-order valence-corrected chi connectivity index (χ3v) is 8.58. The largest absolute Gasteiger partial charge is 0.383 e. The summed E-state index contributed by atoms with van der Waals surface area (Å²) in [4.78, 5) is 19.3. The van der Waals surface area contributed by atoms with Crippen LogP contribution in [0, 0.1) is 6.92 Å². The second-order valence-electron chi connectivity index (χ2n) is 11.0. The third kappa shape index (κ3) is 4.73. The summed E-state index contributed by atoms with van der Waals surface area (Å²) < 4.78 is 2.45. The van der Waals surface area contributed by atoms with Crippen molar-refractivity contribution in [3.8, 4) is 11.3 Å². The molecule has 2 saturated heterocycles. The third-order valence-electron chi connectivity index (χ3n) is 8.58. The molecule has 0 atom stereocenters. The topological polar surface area (TPSA) is 76.1 Å². The second-order valence-corrected chi connectivity index (χ2v) is 11.0. The van der Waals surface area contributed by atoms with E-state index in [1.807, 2.05) is 0 Å². The highest BCUT2D eigenvalue weighted by Gasteiger charge is 2.31. The zero-order chi connectivity index (χ0) is 24.5. The van der Waals surface area contributed by atoms with E-state index in [1.165, 1.54) is 67.7 Å². The van der Waals surface area contributed by atoms with Crippen molar-refractivity contribution in [2.45, 2.75) is 70.3 Å². The molecule has 0 amide bonds. The molecule has 2 aromatic heterocycles. The quantitative estimate of drug-likeness (QED) is 0.509. The Labute approximate surface area is 214 Å². The number of imidazole rings is 1. The molecule has 6 rings (SSSR count). The summed E-state index contributed by atoms with van der Waals surface area (Å²) in [6, 6.07) is 8.78. The number of benzene rings is 1. The first-order chi connectivity index (χ1) is 17.7. The van der Waals surface area contributed by atoms with E-state index in [-0.39, 0.29) is 0 Å². The second kappa shape index (κ2) is 10.2. The molecular formula is C29H39N7. The van der Waals surface area contributed by atoms with Crippen LogP contribution in [0.25, 0.3) is 11.3 Å². The van der Waals surface area contributed by atoms with Crippen LogP contribution in [0.15, 0.2) is 36.8 Å². The van der Waals surface area contributed by atoms with Gasteiger partial charge in [0.25, 0.3) is 0 Å². The standard InChI is InChI=1S/C29H39N7/c1-21-7-9-22(10-8-21)25-19-36(18-17-34-13-2-3-14-34)28(33-25)24-11-15-35(16-12-24)29-26(23-5-4-6-23)27(30)31-20-32-29/h7-10,19-20,23-24H,2-6,11-18H2,1H3,(H2,30,31,32). The highest BCUT2D eigenvalue weighted by molar-refractivity contribution is 5.60. The number of rotatable bonds is 7. The van der Waals surface area contributed by atoms with Gasteiger partial charge in [-0.3, -0.25) is 0 Å². The van der Waals surface area contributed by atoms with Gasteiger partial charge in [0.15, 0.2) is 0 Å². The lowest BCUT2D eigenvalue weighted by Crippen LogP contribution is -2.36. The smallest absolute Gasteiger partial charge is 0.137 e. The number of nitrogens with two attached hydrogens (primary N) is 1. The number of piperidine rings is 1. The van der Waals surface area contributed by atoms with Crippen LogP contribution in [-0.2, 0) is 6.54 Å². The van der Waals surface area contributed by atoms with Crippen LogP contribution in [0.5, 0.6) is 0 Å². The van der Waals surface area contributed by atoms with Crippen LogP contribution < -0.4 is 10.6 Å². The Balaban J connectivity index is 1.21. The molecule has 7 heteroatoms. The summed E-state index contributed by atoms with van der Waals surface area (Å²) in [6.07, 6.45) is 12.5. The number of aromatic nitrogens is 4. The van der Waals surface area contributed by atoms with Crippen molar-refractivity contribution < 1.29 is 0 Å². The zero-order valence-corrected chi connectivity index (χ0v) is 21.6. The molecule has 2 aliphatic heterocycles. The monoisotopic (exact) mass is 485 g/mol. The normalized spacial score (nSPS) is 19.6. The van der Waals surface area contributed by atoms with E-state index >= 15 is 0 Å². The predicted octanol–water partition coefficient (Wildman–Crippen LogP) is 4.98. The van der Waals surface area contributed by atoms with Gasteiger partial charge in [-0.15, -0.1) is 0 Å². The molecule has 3 aromatic rings. The van der Waals surface area contributed by atoms with Gasteiger partial charge in [0.1, 0.15) is 23.8 Å². The number of hydrogen-bond donors (Lipinski definition) is 1. The zero-order valence-electron chi connectivity index (χ0n) is 21.6. The molecule has 4 heterocycles. The number of nitrogens with zero attached hydrogens (tertiary/aromatic N) is 6. The molecule has 0 bridgehead atoms. The molecular weight excluding hydrogens is 446 g/mol. The molecule has 2 N–H and O–H groups in total. The Kier molecular flexibility index (Phi) is 6.65. The number of anilines is 2. The van der Waals surface area contributed by atoms with Crippen molar-refractivity contribution in [1.29, 1.82) is 0 Å². The Morgan fingerprint density at radius 2 is 1.61 bits per heavy atom. The molecule has 0 unspecified atom stereocenters. The van der Waals surface area contributed by atoms with E-state index in [4.69, 9.17) is 15.7 Å². The van der Waals surface area contributed by atoms with Crippen LogP contribution in [0.1, 0.15) is 73.7 Å². The lowest BCUT2D eigenvalue weighted by atomic mass is 9.80. The number of aryl methyl sites for hydroxylation is 1. The van der Waals surface area contributed by atoms with Crippen molar-refractivity contribution >= 4 is 11.6 Å². The lowest BCUT2D eigenvalue weighted by molar-refractivity contribution is 0.317. The molecule has 1 saturated carbocycles. The van der Waals surface area contributed by atoms with Gasteiger partial charge in [-0.1, -0.05) is 36.2 Å². The van der Waals surface area contributed by atoms with Gasteiger partial charge in [0.2, 0.25) is 0 Å². The minimum Gasteiger partial charge on any atom is -0.383 e. The summed E-state index contributed by atoms with van der Waals surface area (Å²) in [5.41, 5.74) is 11.1. The predicted molar refractivity (Wildman–Crippen MR) is 145 cm³/mol. The van der Waals surface area contributed by atoms with Crippen molar-refractivity contribution in [3.05, 3.63) is 53.7 Å². The summed E-state index contributed by atoms with van der Waals surface area (Å²) >= 11 is 0. The van der Waals surface area contributed by atoms with Crippen molar-refractivity contribution in [3.63, 3.8) is 0 Å². The average Bonchev–Trinajstić information content (AvgIpc) is 3.54. The molecule has 1 aromatic carbocycles. The minimum atomic E-state index is 0.463. The van der Waals surface area contributed by atoms with Crippen molar-refractivity contribution in [2.24, 2.45) is 0 Å². The molecule has 190 valence electrons. The Bertz CT molecular complexity index is 1170. The van der Waals surface area contributed by atoms with Gasteiger partial charge < -0.3 is 20.1 Å². The fourth-order valence-corrected chi connectivity index (χ4v) is 6.14. The lowest BCUT2D eigenvalue weighted by Gasteiger charge is -2.36. The molecule has 0 spiro atoms. The summed E-state index contributed by atoms with van der Waals surface area (Å²) in [7, 11) is 0. The van der Waals surface area contributed by atoms with Gasteiger partial charge in [-0.25, -0.2) is 15.0 Å². The first-order valence-electron chi connectivity index (χ1n) is 13.9. The van der Waals surface area contributed by atoms with Crippen LogP contribution in [0.4, 0.5) is 11.6 Å². The number of hydrogen-bond acceptors (Lipinski definition) is 6. The molecule has 3 aliphatic rings. The first kappa shape index (κ1) is 23.5. The van der Waals surface area contributed by atoms with E-state index in [2.05, 4.69) is 56.7 Å². The maximum Gasteiger partial charge on any atom is 0.137 e. The van der Waals surface area contributed by atoms with E-state index in [1.54, 1.807) is 6.33 Å². The minimum absolute atomic E-state index is 0.463. The SMILES string of the molecule is Cc1ccc(-c2cn(CCN3CCCC3)c(C3CCN(c4ncnc(N)c4C4CCC4)CC3)n2)cc1. The van der Waals surface area contributed by atoms with E-state index in [9.17, 15) is 0 Å². The maximum atomic E-state index is 6.33. The maximum absolute atomic E-state index is 6.33. The first-order valence-corrected chi connectivity index (χ1v) is 13.9. The van der Waals surface area contributed by atoms with Crippen LogP contribution in [0.2, 0.25) is 0 Å². The number of nitrogen functional groups attached to an aromatic ring is 1. The van der Waals surface area contributed by atoms with Crippen molar-refractivity contribution in [1.82, 2.24) is 24.4 Å². The molecule has 7 nitrogen and oxygen atoms in total. The highest BCUT2D eigenvalue weighted by atomic mass is 15.2. The van der Waals surface area contributed by atoms with Crippen LogP contribution in [0.3, 0.4) is 0 Å². The summed E-state index contributed by atoms with van der Waals surface area (Å²) in [6.45, 7) is 8.71. The molecule has 3 fully saturated rings. The Morgan fingerprint density at radius 3 is 2.31 bits per heavy atom. The van der Waals surface area contributed by atoms with E-state index < -0.39 is 0 Å². The van der Waals surface area contributed by atoms with Crippen molar-refractivity contribution in [2.75, 3.05) is 43.4 Å². The fourth-order valence-electron chi connectivity index (χ4n) is 6.14. The van der Waals surface area contributed by atoms with Gasteiger partial charge in [-0.2, -0.15) is 0 Å². The van der Waals surface area contributed by atoms with Gasteiger partial charge >= 0.3 is 0 Å². The summed E-state index contributed by atoms with van der Waals surface area (Å²) in [5, 5.41) is 0. The molecule has 36 heavy (non-hydrogen) atoms. The fraction of sp³-hybridized carbons (Fsp3) is 0.552. The van der Waals surface area contributed by atoms with Gasteiger partial charge in [-0.05, 0) is 64.5 Å². The number of likely N-dealkylation sites (tertiary alicyclic amines) is 1. The average molecular weight is 486 g/mol.